The van der Waals surface area contributed by atoms with Crippen LogP contribution in [0.2, 0.25) is 10.0 Å². The molecule has 82 valence electrons. The van der Waals surface area contributed by atoms with Gasteiger partial charge in [-0.2, -0.15) is 0 Å². The Balaban J connectivity index is 2.54. The average Bonchev–Trinajstić information content (AvgIpc) is 2.14. The number of thioether (sulfide) groups is 1. The van der Waals surface area contributed by atoms with Crippen LogP contribution in [0.15, 0.2) is 23.1 Å². The number of esters is 1. The monoisotopic (exact) mass is 264 g/mol. The maximum atomic E-state index is 11.1. The Kier molecular flexibility index (Phi) is 5.29. The number of carbonyl (C=O) groups excluding carboxylic acids is 1. The van der Waals surface area contributed by atoms with E-state index >= 15 is 0 Å². The molecule has 0 heterocycles. The molecule has 0 unspecified atom stereocenters. The van der Waals surface area contributed by atoms with E-state index in [1.807, 2.05) is 0 Å². The lowest BCUT2D eigenvalue weighted by Crippen LogP contribution is -2.06. The molecule has 0 atom stereocenters. The summed E-state index contributed by atoms with van der Waals surface area (Å²) in [6.45, 7) is 2.18. The Morgan fingerprint density at radius 3 is 2.47 bits per heavy atom. The van der Waals surface area contributed by atoms with Crippen LogP contribution in [-0.2, 0) is 9.53 Å². The lowest BCUT2D eigenvalue weighted by atomic mass is 10.4. The molecular formula is C10H10Cl2O2S. The van der Waals surface area contributed by atoms with Crippen LogP contribution in [0.3, 0.4) is 0 Å². The number of rotatable bonds is 4. The smallest absolute Gasteiger partial charge is 0.316 e. The summed E-state index contributed by atoms with van der Waals surface area (Å²) in [6.07, 6.45) is 0. The molecule has 1 rings (SSSR count). The number of ether oxygens (including phenoxy) is 1. The first kappa shape index (κ1) is 12.7. The van der Waals surface area contributed by atoms with Crippen molar-refractivity contribution in [2.24, 2.45) is 0 Å². The normalized spacial score (nSPS) is 10.1. The molecule has 0 aliphatic rings. The van der Waals surface area contributed by atoms with E-state index in [4.69, 9.17) is 27.9 Å². The maximum Gasteiger partial charge on any atom is 0.316 e. The van der Waals surface area contributed by atoms with Gasteiger partial charge in [0.15, 0.2) is 0 Å². The highest BCUT2D eigenvalue weighted by Gasteiger charge is 2.04. The fourth-order valence-electron chi connectivity index (χ4n) is 0.957. The minimum atomic E-state index is -0.237. The van der Waals surface area contributed by atoms with E-state index in [1.54, 1.807) is 25.1 Å². The first-order chi connectivity index (χ1) is 7.11. The molecule has 0 radical (unpaired) electrons. The van der Waals surface area contributed by atoms with Crippen molar-refractivity contribution in [3.63, 3.8) is 0 Å². The minimum Gasteiger partial charge on any atom is -0.465 e. The van der Waals surface area contributed by atoms with Gasteiger partial charge in [0.1, 0.15) is 0 Å². The summed E-state index contributed by atoms with van der Waals surface area (Å²) in [5, 5.41) is 1.13. The molecule has 0 N–H and O–H groups in total. The van der Waals surface area contributed by atoms with Gasteiger partial charge in [0.25, 0.3) is 0 Å². The van der Waals surface area contributed by atoms with Crippen molar-refractivity contribution in [3.8, 4) is 0 Å². The van der Waals surface area contributed by atoms with Crippen LogP contribution in [0, 0.1) is 0 Å². The van der Waals surface area contributed by atoms with Crippen molar-refractivity contribution < 1.29 is 9.53 Å². The van der Waals surface area contributed by atoms with Gasteiger partial charge in [0, 0.05) is 14.9 Å². The van der Waals surface area contributed by atoms with Crippen molar-refractivity contribution >= 4 is 40.9 Å². The van der Waals surface area contributed by atoms with Gasteiger partial charge in [-0.15, -0.1) is 11.8 Å². The van der Waals surface area contributed by atoms with Gasteiger partial charge >= 0.3 is 5.97 Å². The fourth-order valence-corrected chi connectivity index (χ4v) is 2.40. The second-order valence-electron chi connectivity index (χ2n) is 2.70. The molecule has 0 saturated heterocycles. The van der Waals surface area contributed by atoms with Crippen molar-refractivity contribution in [2.75, 3.05) is 12.4 Å². The predicted octanol–water partition coefficient (Wildman–Crippen LogP) is 3.65. The number of hydrogen-bond donors (Lipinski definition) is 0. The van der Waals surface area contributed by atoms with Crippen molar-refractivity contribution in [1.82, 2.24) is 0 Å². The van der Waals surface area contributed by atoms with Gasteiger partial charge in [0.2, 0.25) is 0 Å². The minimum absolute atomic E-state index is 0.237. The van der Waals surface area contributed by atoms with Gasteiger partial charge in [0.05, 0.1) is 12.4 Å². The Bertz CT molecular complexity index is 335. The molecule has 0 saturated carbocycles. The van der Waals surface area contributed by atoms with Crippen LogP contribution < -0.4 is 0 Å². The molecule has 5 heteroatoms. The summed E-state index contributed by atoms with van der Waals surface area (Å²) in [5.41, 5.74) is 0. The van der Waals surface area contributed by atoms with Gasteiger partial charge in [-0.05, 0) is 25.1 Å². The summed E-state index contributed by atoms with van der Waals surface area (Å²) in [7, 11) is 0. The Morgan fingerprint density at radius 2 is 1.93 bits per heavy atom. The molecule has 2 nitrogen and oxygen atoms in total. The van der Waals surface area contributed by atoms with E-state index in [1.165, 1.54) is 11.8 Å². The zero-order valence-electron chi connectivity index (χ0n) is 8.13. The molecular weight excluding hydrogens is 255 g/mol. The number of carbonyl (C=O) groups is 1. The second kappa shape index (κ2) is 6.26. The zero-order chi connectivity index (χ0) is 11.3. The molecule has 1 aromatic carbocycles. The SMILES string of the molecule is CCOC(=O)CSc1cc(Cl)cc(Cl)c1. The highest BCUT2D eigenvalue weighted by atomic mass is 35.5. The van der Waals surface area contributed by atoms with Gasteiger partial charge in [-0.25, -0.2) is 0 Å². The average molecular weight is 265 g/mol. The molecule has 0 bridgehead atoms. The molecule has 15 heavy (non-hydrogen) atoms. The van der Waals surface area contributed by atoms with Gasteiger partial charge in [-0.3, -0.25) is 4.79 Å². The fraction of sp³-hybridized carbons (Fsp3) is 0.300. The van der Waals surface area contributed by atoms with E-state index in [2.05, 4.69) is 0 Å². The third-order valence-electron chi connectivity index (χ3n) is 1.50. The standard InChI is InChI=1S/C10H10Cl2O2S/c1-2-14-10(13)6-15-9-4-7(11)3-8(12)5-9/h3-5H,2,6H2,1H3. The van der Waals surface area contributed by atoms with Crippen molar-refractivity contribution in [1.29, 1.82) is 0 Å². The highest BCUT2D eigenvalue weighted by molar-refractivity contribution is 8.00. The van der Waals surface area contributed by atoms with Crippen LogP contribution >= 0.6 is 35.0 Å². The summed E-state index contributed by atoms with van der Waals surface area (Å²) < 4.78 is 4.80. The second-order valence-corrected chi connectivity index (χ2v) is 4.62. The lowest BCUT2D eigenvalue weighted by Gasteiger charge is -2.03. The maximum absolute atomic E-state index is 11.1. The highest BCUT2D eigenvalue weighted by Crippen LogP contribution is 2.26. The van der Waals surface area contributed by atoms with Crippen LogP contribution in [-0.4, -0.2) is 18.3 Å². The van der Waals surface area contributed by atoms with Crippen LogP contribution in [0.25, 0.3) is 0 Å². The summed E-state index contributed by atoms with van der Waals surface area (Å²) in [5.74, 6) is 0.0310. The van der Waals surface area contributed by atoms with E-state index in [9.17, 15) is 4.79 Å². The molecule has 0 fully saturated rings. The Hall–Kier alpha value is -0.380. The quantitative estimate of drug-likeness (QED) is 0.614. The van der Waals surface area contributed by atoms with Crippen molar-refractivity contribution in [2.45, 2.75) is 11.8 Å². The first-order valence-corrected chi connectivity index (χ1v) is 6.10. The number of halogens is 2. The molecule has 1 aromatic rings. The molecule has 0 aliphatic carbocycles. The van der Waals surface area contributed by atoms with Gasteiger partial charge < -0.3 is 4.74 Å². The number of hydrogen-bond acceptors (Lipinski definition) is 3. The van der Waals surface area contributed by atoms with Gasteiger partial charge in [-0.1, -0.05) is 23.2 Å². The molecule has 0 spiro atoms. The third-order valence-corrected chi connectivity index (χ3v) is 2.88. The lowest BCUT2D eigenvalue weighted by molar-refractivity contribution is -0.139. The summed E-state index contributed by atoms with van der Waals surface area (Å²) in [6, 6.07) is 5.17. The van der Waals surface area contributed by atoms with E-state index < -0.39 is 0 Å². The summed E-state index contributed by atoms with van der Waals surface area (Å²) in [4.78, 5) is 11.9. The van der Waals surface area contributed by atoms with Crippen LogP contribution in [0.4, 0.5) is 0 Å². The molecule has 0 aliphatic heterocycles. The van der Waals surface area contributed by atoms with Crippen LogP contribution in [0.5, 0.6) is 0 Å². The predicted molar refractivity (Wildman–Crippen MR) is 63.8 cm³/mol. The van der Waals surface area contributed by atoms with E-state index in [-0.39, 0.29) is 11.7 Å². The van der Waals surface area contributed by atoms with E-state index in [0.717, 1.165) is 4.90 Å². The third kappa shape index (κ3) is 4.78. The largest absolute Gasteiger partial charge is 0.465 e. The molecule has 0 amide bonds. The van der Waals surface area contributed by atoms with Crippen molar-refractivity contribution in [3.05, 3.63) is 28.2 Å². The first-order valence-electron chi connectivity index (χ1n) is 4.36. The Morgan fingerprint density at radius 1 is 1.33 bits per heavy atom. The topological polar surface area (TPSA) is 26.3 Å². The summed E-state index contributed by atoms with van der Waals surface area (Å²) >= 11 is 13.0. The Labute approximate surface area is 103 Å². The van der Waals surface area contributed by atoms with Crippen LogP contribution in [0.1, 0.15) is 6.92 Å². The van der Waals surface area contributed by atoms with E-state index in [0.29, 0.717) is 16.7 Å². The molecule has 0 aromatic heterocycles. The zero-order valence-corrected chi connectivity index (χ0v) is 10.5. The number of benzene rings is 1.